The van der Waals surface area contributed by atoms with Crippen molar-refractivity contribution in [2.24, 2.45) is 5.41 Å². The van der Waals surface area contributed by atoms with Gasteiger partial charge in [-0.3, -0.25) is 4.79 Å². The molecule has 0 unspecified atom stereocenters. The first-order valence-corrected chi connectivity index (χ1v) is 4.16. The van der Waals surface area contributed by atoms with E-state index in [-0.39, 0.29) is 11.5 Å². The fraction of sp³-hybridized carbons (Fsp3) is 0.875. The largest absolute Gasteiger partial charge is 0.480 e. The number of carboxylic acids is 1. The Labute approximate surface area is 70.9 Å². The highest BCUT2D eigenvalue weighted by Crippen LogP contribution is 2.54. The minimum atomic E-state index is -0.738. The molecule has 68 valence electrons. The Hall–Kier alpha value is -0.610. The number of piperidine rings is 1. The van der Waals surface area contributed by atoms with Gasteiger partial charge in [-0.05, 0) is 12.8 Å². The fourth-order valence-electron chi connectivity index (χ4n) is 2.18. The molecule has 4 nitrogen and oxygen atoms in total. The summed E-state index contributed by atoms with van der Waals surface area (Å²) in [6.07, 6.45) is 1.80. The van der Waals surface area contributed by atoms with Crippen molar-refractivity contribution in [1.29, 1.82) is 0 Å². The van der Waals surface area contributed by atoms with E-state index < -0.39 is 5.97 Å². The van der Waals surface area contributed by atoms with Gasteiger partial charge in [0.1, 0.15) is 6.04 Å². The molecular formula is C8H13NO3. The van der Waals surface area contributed by atoms with Gasteiger partial charge in [0.15, 0.2) is 0 Å². The maximum atomic E-state index is 10.6. The van der Waals surface area contributed by atoms with E-state index in [1.54, 1.807) is 7.11 Å². The third-order valence-corrected chi connectivity index (χ3v) is 2.93. The quantitative estimate of drug-likeness (QED) is 0.619. The summed E-state index contributed by atoms with van der Waals surface area (Å²) in [5, 5.41) is 11.8. The van der Waals surface area contributed by atoms with Crippen LogP contribution in [-0.2, 0) is 9.53 Å². The minimum absolute atomic E-state index is 0.151. The number of fused-ring (bicyclic) bond motifs is 1. The fourth-order valence-corrected chi connectivity index (χ4v) is 2.18. The third-order valence-electron chi connectivity index (χ3n) is 2.93. The van der Waals surface area contributed by atoms with Gasteiger partial charge in [-0.25, -0.2) is 0 Å². The van der Waals surface area contributed by atoms with Gasteiger partial charge in [0.05, 0.1) is 6.61 Å². The predicted octanol–water partition coefficient (Wildman–Crippen LogP) is -0.162. The van der Waals surface area contributed by atoms with Gasteiger partial charge in [0.25, 0.3) is 0 Å². The molecule has 4 heteroatoms. The van der Waals surface area contributed by atoms with Crippen molar-refractivity contribution in [3.63, 3.8) is 0 Å². The van der Waals surface area contributed by atoms with Crippen LogP contribution in [0, 0.1) is 5.41 Å². The van der Waals surface area contributed by atoms with Crippen molar-refractivity contribution < 1.29 is 14.6 Å². The number of carbonyl (C=O) groups is 1. The molecule has 12 heavy (non-hydrogen) atoms. The Bertz CT molecular complexity index is 218. The van der Waals surface area contributed by atoms with Crippen molar-refractivity contribution in [2.45, 2.75) is 24.9 Å². The van der Waals surface area contributed by atoms with E-state index in [1.807, 2.05) is 0 Å². The summed E-state index contributed by atoms with van der Waals surface area (Å²) in [7, 11) is 1.66. The van der Waals surface area contributed by atoms with Crippen LogP contribution < -0.4 is 5.32 Å². The first kappa shape index (κ1) is 8.01. The van der Waals surface area contributed by atoms with E-state index in [4.69, 9.17) is 9.84 Å². The SMILES string of the molecule is COC[C@]12C[C@@H](C(=O)O)N[C@H]1C2. The Morgan fingerprint density at radius 2 is 2.50 bits per heavy atom. The minimum Gasteiger partial charge on any atom is -0.480 e. The molecule has 0 amide bonds. The molecule has 1 heterocycles. The lowest BCUT2D eigenvalue weighted by Crippen LogP contribution is -2.33. The number of rotatable bonds is 3. The molecule has 1 aliphatic heterocycles. The number of hydrogen-bond acceptors (Lipinski definition) is 3. The van der Waals surface area contributed by atoms with Gasteiger partial charge in [0.2, 0.25) is 0 Å². The van der Waals surface area contributed by atoms with Crippen LogP contribution in [0.1, 0.15) is 12.8 Å². The van der Waals surface area contributed by atoms with E-state index in [1.165, 1.54) is 0 Å². The van der Waals surface area contributed by atoms with E-state index in [0.717, 1.165) is 12.8 Å². The number of hydrogen-bond donors (Lipinski definition) is 2. The maximum absolute atomic E-state index is 10.6. The summed E-state index contributed by atoms with van der Waals surface area (Å²) in [6, 6.07) is 0.0393. The van der Waals surface area contributed by atoms with Crippen LogP contribution in [0.15, 0.2) is 0 Å². The topological polar surface area (TPSA) is 58.6 Å². The first-order chi connectivity index (χ1) is 5.68. The van der Waals surface area contributed by atoms with Crippen LogP contribution in [0.5, 0.6) is 0 Å². The van der Waals surface area contributed by atoms with Crippen molar-refractivity contribution in [2.75, 3.05) is 13.7 Å². The zero-order valence-electron chi connectivity index (χ0n) is 7.04. The Morgan fingerprint density at radius 3 is 3.00 bits per heavy atom. The van der Waals surface area contributed by atoms with Gasteiger partial charge < -0.3 is 15.2 Å². The molecule has 1 saturated heterocycles. The molecular weight excluding hydrogens is 158 g/mol. The molecule has 0 bridgehead atoms. The lowest BCUT2D eigenvalue weighted by molar-refractivity contribution is -0.139. The Balaban J connectivity index is 1.96. The van der Waals surface area contributed by atoms with Crippen molar-refractivity contribution in [3.8, 4) is 0 Å². The van der Waals surface area contributed by atoms with Crippen molar-refractivity contribution >= 4 is 5.97 Å². The number of ether oxygens (including phenoxy) is 1. The van der Waals surface area contributed by atoms with Crippen molar-refractivity contribution in [3.05, 3.63) is 0 Å². The molecule has 1 saturated carbocycles. The zero-order valence-corrected chi connectivity index (χ0v) is 7.04. The summed E-state index contributed by atoms with van der Waals surface area (Å²) in [5.41, 5.74) is 0.151. The number of carboxylic acid groups (broad SMARTS) is 1. The second-order valence-corrected chi connectivity index (χ2v) is 3.81. The molecule has 0 aromatic rings. The predicted molar refractivity (Wildman–Crippen MR) is 41.9 cm³/mol. The average molecular weight is 171 g/mol. The van der Waals surface area contributed by atoms with Gasteiger partial charge in [-0.2, -0.15) is 0 Å². The summed E-state index contributed by atoms with van der Waals surface area (Å²) >= 11 is 0. The molecule has 0 aromatic heterocycles. The second kappa shape index (κ2) is 2.44. The van der Waals surface area contributed by atoms with Crippen LogP contribution in [0.4, 0.5) is 0 Å². The average Bonchev–Trinajstić information content (AvgIpc) is 2.54. The highest BCUT2D eigenvalue weighted by molar-refractivity contribution is 5.74. The molecule has 0 radical (unpaired) electrons. The highest BCUT2D eigenvalue weighted by atomic mass is 16.5. The van der Waals surface area contributed by atoms with E-state index in [2.05, 4.69) is 5.32 Å². The number of nitrogens with one attached hydrogen (secondary N) is 1. The zero-order chi connectivity index (χ0) is 8.77. The Kier molecular flexibility index (Phi) is 1.63. The lowest BCUT2D eigenvalue weighted by atomic mass is 10.0. The van der Waals surface area contributed by atoms with Gasteiger partial charge in [-0.1, -0.05) is 0 Å². The van der Waals surface area contributed by atoms with E-state index in [0.29, 0.717) is 12.6 Å². The molecule has 3 atom stereocenters. The van der Waals surface area contributed by atoms with Crippen molar-refractivity contribution in [1.82, 2.24) is 5.32 Å². The monoisotopic (exact) mass is 171 g/mol. The number of methoxy groups -OCH3 is 1. The van der Waals surface area contributed by atoms with Crippen LogP contribution >= 0.6 is 0 Å². The molecule has 2 fully saturated rings. The van der Waals surface area contributed by atoms with Crippen LogP contribution in [0.25, 0.3) is 0 Å². The molecule has 0 spiro atoms. The van der Waals surface area contributed by atoms with Crippen LogP contribution in [-0.4, -0.2) is 36.9 Å². The first-order valence-electron chi connectivity index (χ1n) is 4.16. The molecule has 2 N–H and O–H groups in total. The molecule has 1 aliphatic carbocycles. The summed E-state index contributed by atoms with van der Waals surface area (Å²) in [6.45, 7) is 0.689. The second-order valence-electron chi connectivity index (χ2n) is 3.81. The van der Waals surface area contributed by atoms with Gasteiger partial charge in [0, 0.05) is 18.6 Å². The van der Waals surface area contributed by atoms with Gasteiger partial charge in [-0.15, -0.1) is 0 Å². The van der Waals surface area contributed by atoms with E-state index >= 15 is 0 Å². The maximum Gasteiger partial charge on any atom is 0.320 e. The van der Waals surface area contributed by atoms with E-state index in [9.17, 15) is 4.79 Å². The standard InChI is InChI=1S/C8H13NO3/c1-12-4-8-2-5(7(10)11)9-6(8)3-8/h5-6,9H,2-4H2,1H3,(H,10,11)/t5-,6-,8+/m0/s1. The Morgan fingerprint density at radius 1 is 1.75 bits per heavy atom. The summed E-state index contributed by atoms with van der Waals surface area (Å²) in [4.78, 5) is 10.6. The molecule has 2 rings (SSSR count). The smallest absolute Gasteiger partial charge is 0.320 e. The lowest BCUT2D eigenvalue weighted by Gasteiger charge is -2.11. The number of aliphatic carboxylic acids is 1. The third kappa shape index (κ3) is 1.03. The summed E-state index contributed by atoms with van der Waals surface area (Å²) in [5.74, 6) is -0.738. The molecule has 0 aromatic carbocycles. The van der Waals surface area contributed by atoms with Gasteiger partial charge >= 0.3 is 5.97 Å². The summed E-state index contributed by atoms with van der Waals surface area (Å²) < 4.78 is 5.07. The molecule has 2 aliphatic rings. The highest BCUT2D eigenvalue weighted by Gasteiger charge is 2.61. The normalized spacial score (nSPS) is 44.1. The van der Waals surface area contributed by atoms with Crippen LogP contribution in [0.2, 0.25) is 0 Å². The van der Waals surface area contributed by atoms with Crippen LogP contribution in [0.3, 0.4) is 0 Å².